The van der Waals surface area contributed by atoms with Crippen molar-refractivity contribution in [3.63, 3.8) is 0 Å². The molecule has 0 saturated heterocycles. The van der Waals surface area contributed by atoms with Crippen molar-refractivity contribution in [1.82, 2.24) is 0 Å². The van der Waals surface area contributed by atoms with E-state index in [9.17, 15) is 33.7 Å². The molecule has 1 aliphatic rings. The van der Waals surface area contributed by atoms with Crippen molar-refractivity contribution in [2.45, 2.75) is 0 Å². The number of nitrogens with zero attached hydrogens (tertiary/aromatic N) is 2. The summed E-state index contributed by atoms with van der Waals surface area (Å²) in [5.74, 6) is -3.29. The van der Waals surface area contributed by atoms with Crippen molar-refractivity contribution in [3.05, 3.63) is 105 Å². The van der Waals surface area contributed by atoms with Crippen molar-refractivity contribution >= 4 is 34.9 Å². The molecule has 0 radical (unpaired) electrons. The number of hydrogen-bond acceptors (Lipinski definition) is 7. The highest BCUT2D eigenvalue weighted by Gasteiger charge is 2.37. The Labute approximate surface area is 185 Å². The topological polar surface area (TPSA) is 124 Å². The average molecular weight is 448 g/mol. The van der Waals surface area contributed by atoms with Gasteiger partial charge in [0, 0.05) is 17.7 Å². The summed E-state index contributed by atoms with van der Waals surface area (Å²) in [6.45, 7) is -0.594. The SMILES string of the molecule is O=C(COC(=O)c1ccc2c(c1)C(=O)N(c1ccc([N+](=O)[O-])cc1)C2=O)c1ccc(F)cc1. The highest BCUT2D eigenvalue weighted by molar-refractivity contribution is 6.34. The lowest BCUT2D eigenvalue weighted by atomic mass is 10.1. The van der Waals surface area contributed by atoms with Gasteiger partial charge in [0.2, 0.25) is 0 Å². The van der Waals surface area contributed by atoms with E-state index < -0.39 is 40.9 Å². The van der Waals surface area contributed by atoms with Crippen LogP contribution in [-0.4, -0.2) is 35.1 Å². The lowest BCUT2D eigenvalue weighted by Crippen LogP contribution is -2.29. The molecule has 0 aromatic heterocycles. The number of nitro benzene ring substituents is 1. The Morgan fingerprint density at radius 1 is 0.879 bits per heavy atom. The summed E-state index contributed by atoms with van der Waals surface area (Å²) in [6, 6.07) is 13.4. The Hall–Kier alpha value is -4.73. The maximum atomic E-state index is 13.0. The van der Waals surface area contributed by atoms with Gasteiger partial charge in [-0.1, -0.05) is 0 Å². The molecule has 1 aliphatic heterocycles. The second-order valence-electron chi connectivity index (χ2n) is 6.99. The number of esters is 1. The zero-order chi connectivity index (χ0) is 23.7. The third kappa shape index (κ3) is 4.09. The Morgan fingerprint density at radius 2 is 1.48 bits per heavy atom. The molecule has 3 aromatic carbocycles. The molecular formula is C23H13FN2O7. The quantitative estimate of drug-likeness (QED) is 0.186. The number of carbonyl (C=O) groups is 4. The van der Waals surface area contributed by atoms with E-state index in [1.165, 1.54) is 54.6 Å². The fourth-order valence-corrected chi connectivity index (χ4v) is 3.26. The van der Waals surface area contributed by atoms with Gasteiger partial charge in [-0.05, 0) is 54.6 Å². The van der Waals surface area contributed by atoms with Crippen LogP contribution in [0.15, 0.2) is 66.7 Å². The molecular weight excluding hydrogens is 435 g/mol. The van der Waals surface area contributed by atoms with E-state index in [-0.39, 0.29) is 33.6 Å². The van der Waals surface area contributed by atoms with Gasteiger partial charge in [-0.2, -0.15) is 0 Å². The molecule has 0 saturated carbocycles. The summed E-state index contributed by atoms with van der Waals surface area (Å²) in [5.41, 5.74) is 0.0661. The normalized spacial score (nSPS) is 12.5. The minimum Gasteiger partial charge on any atom is -0.454 e. The molecule has 164 valence electrons. The number of carbonyl (C=O) groups excluding carboxylic acids is 4. The number of anilines is 1. The zero-order valence-corrected chi connectivity index (χ0v) is 16.7. The van der Waals surface area contributed by atoms with Crippen LogP contribution >= 0.6 is 0 Å². The maximum Gasteiger partial charge on any atom is 0.338 e. The predicted octanol–water partition coefficient (Wildman–Crippen LogP) is 3.57. The first kappa shape index (κ1) is 21.5. The molecule has 3 aromatic rings. The number of Topliss-reactive ketones (excluding diaryl/α,β-unsaturated/α-hetero) is 1. The van der Waals surface area contributed by atoms with Crippen LogP contribution in [0.5, 0.6) is 0 Å². The highest BCUT2D eigenvalue weighted by atomic mass is 19.1. The molecule has 2 amide bonds. The van der Waals surface area contributed by atoms with Gasteiger partial charge in [0.15, 0.2) is 12.4 Å². The fourth-order valence-electron chi connectivity index (χ4n) is 3.26. The molecule has 9 nitrogen and oxygen atoms in total. The number of rotatable bonds is 6. The number of ketones is 1. The van der Waals surface area contributed by atoms with Gasteiger partial charge >= 0.3 is 5.97 Å². The second-order valence-corrected chi connectivity index (χ2v) is 6.99. The van der Waals surface area contributed by atoms with Crippen molar-refractivity contribution in [1.29, 1.82) is 0 Å². The van der Waals surface area contributed by atoms with Gasteiger partial charge in [-0.15, -0.1) is 0 Å². The van der Waals surface area contributed by atoms with Crippen LogP contribution in [0.4, 0.5) is 15.8 Å². The number of imide groups is 1. The largest absolute Gasteiger partial charge is 0.454 e. The standard InChI is InChI=1S/C23H13FN2O7/c24-15-4-1-13(2-5-15)20(27)12-33-23(30)14-3-10-18-19(11-14)22(29)25(21(18)28)16-6-8-17(9-7-16)26(31)32/h1-11H,12H2. The lowest BCUT2D eigenvalue weighted by Gasteiger charge is -2.13. The molecule has 0 unspecified atom stereocenters. The first-order chi connectivity index (χ1) is 15.8. The smallest absolute Gasteiger partial charge is 0.338 e. The number of fused-ring (bicyclic) bond motifs is 1. The number of amides is 2. The molecule has 0 N–H and O–H groups in total. The summed E-state index contributed by atoms with van der Waals surface area (Å²) >= 11 is 0. The number of ether oxygens (including phenoxy) is 1. The van der Waals surface area contributed by atoms with E-state index in [0.717, 1.165) is 17.0 Å². The lowest BCUT2D eigenvalue weighted by molar-refractivity contribution is -0.384. The van der Waals surface area contributed by atoms with E-state index in [0.29, 0.717) is 0 Å². The minimum atomic E-state index is -0.887. The molecule has 0 spiro atoms. The summed E-state index contributed by atoms with van der Waals surface area (Å²) in [5, 5.41) is 10.8. The molecule has 4 rings (SSSR count). The number of hydrogen-bond donors (Lipinski definition) is 0. The van der Waals surface area contributed by atoms with Crippen LogP contribution in [0.2, 0.25) is 0 Å². The van der Waals surface area contributed by atoms with Crippen molar-refractivity contribution in [2.75, 3.05) is 11.5 Å². The molecule has 0 bridgehead atoms. The monoisotopic (exact) mass is 448 g/mol. The van der Waals surface area contributed by atoms with E-state index in [1.54, 1.807) is 0 Å². The first-order valence-electron chi connectivity index (χ1n) is 9.49. The van der Waals surface area contributed by atoms with E-state index in [4.69, 9.17) is 4.74 Å². The van der Waals surface area contributed by atoms with E-state index in [1.807, 2.05) is 0 Å². The van der Waals surface area contributed by atoms with E-state index >= 15 is 0 Å². The van der Waals surface area contributed by atoms with Gasteiger partial charge < -0.3 is 4.74 Å². The second kappa shape index (κ2) is 8.42. The number of non-ortho nitro benzene ring substituents is 1. The Morgan fingerprint density at radius 3 is 2.12 bits per heavy atom. The fraction of sp³-hybridized carbons (Fsp3) is 0.0435. The predicted molar refractivity (Wildman–Crippen MR) is 112 cm³/mol. The molecule has 33 heavy (non-hydrogen) atoms. The van der Waals surface area contributed by atoms with Crippen molar-refractivity contribution in [3.8, 4) is 0 Å². The summed E-state index contributed by atoms with van der Waals surface area (Å²) in [4.78, 5) is 61.0. The van der Waals surface area contributed by atoms with E-state index in [2.05, 4.69) is 0 Å². The average Bonchev–Trinajstić information content (AvgIpc) is 3.07. The van der Waals surface area contributed by atoms with Gasteiger partial charge in [-0.3, -0.25) is 24.5 Å². The Bertz CT molecular complexity index is 1320. The van der Waals surface area contributed by atoms with Gasteiger partial charge in [0.1, 0.15) is 5.82 Å². The third-order valence-electron chi connectivity index (χ3n) is 4.94. The van der Waals surface area contributed by atoms with Gasteiger partial charge in [-0.25, -0.2) is 14.1 Å². The van der Waals surface area contributed by atoms with Crippen LogP contribution in [0, 0.1) is 15.9 Å². The van der Waals surface area contributed by atoms with Crippen LogP contribution in [-0.2, 0) is 4.74 Å². The van der Waals surface area contributed by atoms with Crippen LogP contribution in [0.1, 0.15) is 41.4 Å². The molecule has 0 atom stereocenters. The maximum absolute atomic E-state index is 13.0. The minimum absolute atomic E-state index is 0.0438. The number of halogens is 1. The zero-order valence-electron chi connectivity index (χ0n) is 16.7. The van der Waals surface area contributed by atoms with Crippen molar-refractivity contribution < 1.29 is 33.2 Å². The summed E-state index contributed by atoms with van der Waals surface area (Å²) in [6.07, 6.45) is 0. The molecule has 1 heterocycles. The first-order valence-corrected chi connectivity index (χ1v) is 9.49. The van der Waals surface area contributed by atoms with Crippen LogP contribution < -0.4 is 4.90 Å². The Kier molecular flexibility index (Phi) is 5.49. The number of benzene rings is 3. The molecule has 10 heteroatoms. The third-order valence-corrected chi connectivity index (χ3v) is 4.94. The summed E-state index contributed by atoms with van der Waals surface area (Å²) in [7, 11) is 0. The van der Waals surface area contributed by atoms with Crippen LogP contribution in [0.3, 0.4) is 0 Å². The Balaban J connectivity index is 1.50. The van der Waals surface area contributed by atoms with Gasteiger partial charge in [0.05, 0.1) is 27.3 Å². The highest BCUT2D eigenvalue weighted by Crippen LogP contribution is 2.30. The van der Waals surface area contributed by atoms with Crippen molar-refractivity contribution in [2.24, 2.45) is 0 Å². The summed E-state index contributed by atoms with van der Waals surface area (Å²) < 4.78 is 17.9. The van der Waals surface area contributed by atoms with Crippen LogP contribution in [0.25, 0.3) is 0 Å². The molecule has 0 fully saturated rings. The van der Waals surface area contributed by atoms with Gasteiger partial charge in [0.25, 0.3) is 17.5 Å². The number of nitro groups is 1. The molecule has 0 aliphatic carbocycles.